The summed E-state index contributed by atoms with van der Waals surface area (Å²) in [4.78, 5) is 24.4. The lowest BCUT2D eigenvalue weighted by Gasteiger charge is -2.12. The molecule has 2 N–H and O–H groups in total. The molecule has 0 saturated carbocycles. The zero-order valence-electron chi connectivity index (χ0n) is 18.8. The van der Waals surface area contributed by atoms with Crippen molar-refractivity contribution in [1.29, 1.82) is 0 Å². The Kier molecular flexibility index (Phi) is 7.74. The normalized spacial score (nSPS) is 10.6. The molecule has 0 unspecified atom stereocenters. The Bertz CT molecular complexity index is 1330. The summed E-state index contributed by atoms with van der Waals surface area (Å²) in [5.74, 6) is 0.0307. The molecule has 0 radical (unpaired) electrons. The standard InChI is InChI=1S/C25H22FN5O3S/c1-17-9-5-8-14-21(17)34-15-22-29-30-25(31(22)18-10-3-2-4-11-18)35-16-23(32)28-24(33)27-20-13-7-6-12-19(20)26/h2-14H,15-16H2,1H3,(H2,27,28,32,33). The van der Waals surface area contributed by atoms with E-state index in [9.17, 15) is 14.0 Å². The van der Waals surface area contributed by atoms with Gasteiger partial charge < -0.3 is 10.1 Å². The second kappa shape index (κ2) is 11.3. The number of carbonyl (C=O) groups excluding carboxylic acids is 2. The third-order valence-electron chi connectivity index (χ3n) is 4.87. The van der Waals surface area contributed by atoms with Crippen LogP contribution in [0.4, 0.5) is 14.9 Å². The molecule has 0 fully saturated rings. The minimum Gasteiger partial charge on any atom is -0.485 e. The highest BCUT2D eigenvalue weighted by Crippen LogP contribution is 2.24. The molecule has 8 nitrogen and oxygen atoms in total. The molecule has 0 aliphatic heterocycles. The van der Waals surface area contributed by atoms with E-state index in [4.69, 9.17) is 4.74 Å². The van der Waals surface area contributed by atoms with Gasteiger partial charge in [0.05, 0.1) is 11.4 Å². The lowest BCUT2D eigenvalue weighted by atomic mass is 10.2. The van der Waals surface area contributed by atoms with Crippen molar-refractivity contribution in [1.82, 2.24) is 20.1 Å². The van der Waals surface area contributed by atoms with Crippen LogP contribution in [0, 0.1) is 12.7 Å². The molecule has 0 spiro atoms. The molecule has 3 aromatic carbocycles. The van der Waals surface area contributed by atoms with E-state index in [-0.39, 0.29) is 18.0 Å². The molecule has 0 aliphatic rings. The predicted molar refractivity (Wildman–Crippen MR) is 131 cm³/mol. The van der Waals surface area contributed by atoms with Gasteiger partial charge in [-0.2, -0.15) is 0 Å². The molecule has 1 heterocycles. The summed E-state index contributed by atoms with van der Waals surface area (Å²) in [5.41, 5.74) is 1.78. The maximum atomic E-state index is 13.7. The molecule has 1 aromatic heterocycles. The molecule has 178 valence electrons. The number of anilines is 1. The number of halogens is 1. The van der Waals surface area contributed by atoms with E-state index in [1.165, 1.54) is 18.2 Å². The van der Waals surface area contributed by atoms with E-state index in [2.05, 4.69) is 20.8 Å². The van der Waals surface area contributed by atoms with Gasteiger partial charge in [-0.25, -0.2) is 9.18 Å². The van der Waals surface area contributed by atoms with Gasteiger partial charge in [0, 0.05) is 5.69 Å². The molecule has 4 rings (SSSR count). The average Bonchev–Trinajstić information content (AvgIpc) is 3.27. The molecule has 0 atom stereocenters. The number of amides is 3. The van der Waals surface area contributed by atoms with E-state index in [1.54, 1.807) is 10.6 Å². The van der Waals surface area contributed by atoms with E-state index < -0.39 is 17.8 Å². The van der Waals surface area contributed by atoms with Crippen LogP contribution in [0.1, 0.15) is 11.4 Å². The highest BCUT2D eigenvalue weighted by molar-refractivity contribution is 7.99. The molecule has 3 amide bonds. The fraction of sp³-hybridized carbons (Fsp3) is 0.120. The van der Waals surface area contributed by atoms with E-state index in [0.717, 1.165) is 28.8 Å². The minimum absolute atomic E-state index is 0.0208. The number of hydrogen-bond acceptors (Lipinski definition) is 6. The van der Waals surface area contributed by atoms with Crippen LogP contribution in [-0.2, 0) is 11.4 Å². The van der Waals surface area contributed by atoms with Gasteiger partial charge in [0.2, 0.25) is 5.91 Å². The van der Waals surface area contributed by atoms with Crippen LogP contribution in [0.5, 0.6) is 5.75 Å². The van der Waals surface area contributed by atoms with Crippen molar-refractivity contribution in [3.8, 4) is 11.4 Å². The minimum atomic E-state index is -0.822. The third kappa shape index (κ3) is 6.24. The zero-order chi connectivity index (χ0) is 24.6. The number of carbonyl (C=O) groups is 2. The highest BCUT2D eigenvalue weighted by atomic mass is 32.2. The van der Waals surface area contributed by atoms with Gasteiger partial charge in [-0.1, -0.05) is 60.3 Å². The summed E-state index contributed by atoms with van der Waals surface area (Å²) < 4.78 is 21.4. The van der Waals surface area contributed by atoms with Crippen LogP contribution >= 0.6 is 11.8 Å². The molecular formula is C25H22FN5O3S. The first-order valence-corrected chi connectivity index (χ1v) is 11.7. The van der Waals surface area contributed by atoms with Crippen LogP contribution in [0.3, 0.4) is 0 Å². The van der Waals surface area contributed by atoms with E-state index in [1.807, 2.05) is 61.5 Å². The summed E-state index contributed by atoms with van der Waals surface area (Å²) in [5, 5.41) is 13.4. The number of rotatable bonds is 8. The topological polar surface area (TPSA) is 98.1 Å². The summed E-state index contributed by atoms with van der Waals surface area (Å²) in [6, 6.07) is 22.0. The number of hydrogen-bond donors (Lipinski definition) is 2. The zero-order valence-corrected chi connectivity index (χ0v) is 19.6. The summed E-state index contributed by atoms with van der Waals surface area (Å²) in [6.45, 7) is 2.13. The van der Waals surface area contributed by atoms with Crippen molar-refractivity contribution in [2.45, 2.75) is 18.7 Å². The van der Waals surface area contributed by atoms with Gasteiger partial charge in [-0.15, -0.1) is 10.2 Å². The summed E-state index contributed by atoms with van der Waals surface area (Å²) >= 11 is 1.11. The number of aryl methyl sites for hydroxylation is 1. The van der Waals surface area contributed by atoms with Gasteiger partial charge in [-0.3, -0.25) is 14.7 Å². The van der Waals surface area contributed by atoms with Crippen molar-refractivity contribution in [2.75, 3.05) is 11.1 Å². The highest BCUT2D eigenvalue weighted by Gasteiger charge is 2.18. The fourth-order valence-electron chi connectivity index (χ4n) is 3.19. The number of urea groups is 1. The Labute approximate surface area is 205 Å². The second-order valence-corrected chi connectivity index (χ2v) is 8.34. The second-order valence-electron chi connectivity index (χ2n) is 7.39. The van der Waals surface area contributed by atoms with Gasteiger partial charge in [-0.05, 0) is 42.8 Å². The fourth-order valence-corrected chi connectivity index (χ4v) is 3.96. The number of aromatic nitrogens is 3. The largest absolute Gasteiger partial charge is 0.485 e. The lowest BCUT2D eigenvalue weighted by Crippen LogP contribution is -2.35. The molecule has 4 aromatic rings. The SMILES string of the molecule is Cc1ccccc1OCc1nnc(SCC(=O)NC(=O)Nc2ccccc2F)n1-c1ccccc1. The molecular weight excluding hydrogens is 469 g/mol. The van der Waals surface area contributed by atoms with Crippen molar-refractivity contribution >= 4 is 29.4 Å². The Morgan fingerprint density at radius 3 is 2.46 bits per heavy atom. The number of para-hydroxylation sites is 3. The van der Waals surface area contributed by atoms with E-state index in [0.29, 0.717) is 11.0 Å². The molecule has 0 bridgehead atoms. The van der Waals surface area contributed by atoms with Gasteiger partial charge in [0.15, 0.2) is 11.0 Å². The van der Waals surface area contributed by atoms with Crippen LogP contribution in [0.15, 0.2) is 84.0 Å². The maximum absolute atomic E-state index is 13.7. The number of nitrogens with zero attached hydrogens (tertiary/aromatic N) is 3. The van der Waals surface area contributed by atoms with Gasteiger partial charge in [0.1, 0.15) is 18.2 Å². The Morgan fingerprint density at radius 2 is 1.69 bits per heavy atom. The first-order valence-electron chi connectivity index (χ1n) is 10.7. The number of thioether (sulfide) groups is 1. The third-order valence-corrected chi connectivity index (χ3v) is 5.80. The lowest BCUT2D eigenvalue weighted by molar-refractivity contribution is -0.117. The number of benzene rings is 3. The van der Waals surface area contributed by atoms with Crippen molar-refractivity contribution in [2.24, 2.45) is 0 Å². The first kappa shape index (κ1) is 24.0. The quantitative estimate of drug-likeness (QED) is 0.346. The Morgan fingerprint density at radius 1 is 0.971 bits per heavy atom. The number of nitrogens with one attached hydrogen (secondary N) is 2. The molecule has 0 saturated heterocycles. The van der Waals surface area contributed by atoms with Crippen LogP contribution < -0.4 is 15.4 Å². The van der Waals surface area contributed by atoms with E-state index >= 15 is 0 Å². The maximum Gasteiger partial charge on any atom is 0.325 e. The summed E-state index contributed by atoms with van der Waals surface area (Å²) in [6.07, 6.45) is 0. The first-order chi connectivity index (χ1) is 17.0. The van der Waals surface area contributed by atoms with Crippen LogP contribution in [0.2, 0.25) is 0 Å². The molecule has 35 heavy (non-hydrogen) atoms. The average molecular weight is 492 g/mol. The van der Waals surface area contributed by atoms with Gasteiger partial charge in [0.25, 0.3) is 0 Å². The van der Waals surface area contributed by atoms with Crippen LogP contribution in [-0.4, -0.2) is 32.5 Å². The number of imide groups is 1. The van der Waals surface area contributed by atoms with Gasteiger partial charge >= 0.3 is 6.03 Å². The van der Waals surface area contributed by atoms with Crippen molar-refractivity contribution in [3.63, 3.8) is 0 Å². The van der Waals surface area contributed by atoms with Crippen molar-refractivity contribution in [3.05, 3.63) is 96.1 Å². The monoisotopic (exact) mass is 491 g/mol. The Balaban J connectivity index is 1.43. The predicted octanol–water partition coefficient (Wildman–Crippen LogP) is 4.73. The Hall–Kier alpha value is -4.18. The summed E-state index contributed by atoms with van der Waals surface area (Å²) in [7, 11) is 0. The van der Waals surface area contributed by atoms with Crippen LogP contribution in [0.25, 0.3) is 5.69 Å². The molecule has 10 heteroatoms. The smallest absolute Gasteiger partial charge is 0.325 e. The molecule has 0 aliphatic carbocycles. The van der Waals surface area contributed by atoms with Crippen molar-refractivity contribution < 1.29 is 18.7 Å². The number of ether oxygens (including phenoxy) is 1.